The molecule has 1 heterocycles. The number of pyridine rings is 1. The Morgan fingerprint density at radius 1 is 1.20 bits per heavy atom. The van der Waals surface area contributed by atoms with Gasteiger partial charge in [0, 0.05) is 11.1 Å². The zero-order chi connectivity index (χ0) is 18.7. The van der Waals surface area contributed by atoms with Crippen molar-refractivity contribution in [2.75, 3.05) is 12.3 Å². The number of aliphatic hydroxyl groups excluding tert-OH is 1. The molecular formula is C16H16N2O7. The van der Waals surface area contributed by atoms with Gasteiger partial charge in [0.2, 0.25) is 0 Å². The number of anilines is 1. The summed E-state index contributed by atoms with van der Waals surface area (Å²) in [6.45, 7) is 1.66. The second-order valence-corrected chi connectivity index (χ2v) is 5.02. The van der Waals surface area contributed by atoms with Crippen LogP contribution in [0.2, 0.25) is 0 Å². The van der Waals surface area contributed by atoms with E-state index >= 15 is 0 Å². The first-order valence-corrected chi connectivity index (χ1v) is 7.21. The van der Waals surface area contributed by atoms with E-state index in [9.17, 15) is 29.7 Å². The Bertz CT molecular complexity index is 902. The summed E-state index contributed by atoms with van der Waals surface area (Å²) in [6, 6.07) is 4.22. The number of aromatic nitrogens is 1. The molecule has 0 spiro atoms. The molecule has 0 atom stereocenters. The van der Waals surface area contributed by atoms with Crippen molar-refractivity contribution in [1.82, 2.24) is 4.98 Å². The molecule has 0 saturated carbocycles. The number of H-pyrrole nitrogens is 1. The van der Waals surface area contributed by atoms with Crippen molar-refractivity contribution in [2.45, 2.75) is 13.5 Å². The Kier molecular flexibility index (Phi) is 5.08. The first kappa shape index (κ1) is 18.0. The number of aromatic amines is 1. The molecule has 1 aromatic carbocycles. The third-order valence-electron chi connectivity index (χ3n) is 3.49. The van der Waals surface area contributed by atoms with Gasteiger partial charge in [-0.05, 0) is 24.6 Å². The predicted octanol–water partition coefficient (Wildman–Crippen LogP) is 0.911. The third-order valence-corrected chi connectivity index (χ3v) is 3.49. The number of carbonyl (C=O) groups is 2. The van der Waals surface area contributed by atoms with E-state index in [1.165, 1.54) is 18.2 Å². The summed E-state index contributed by atoms with van der Waals surface area (Å²) in [6.07, 6.45) is 0. The Balaban J connectivity index is 2.88. The second-order valence-electron chi connectivity index (χ2n) is 5.02. The van der Waals surface area contributed by atoms with E-state index < -0.39 is 41.0 Å². The zero-order valence-corrected chi connectivity index (χ0v) is 13.2. The van der Waals surface area contributed by atoms with Crippen molar-refractivity contribution >= 4 is 17.8 Å². The minimum atomic E-state index is -1.60. The number of carboxylic acid groups (broad SMARTS) is 2. The van der Waals surface area contributed by atoms with Crippen LogP contribution in [0, 0.1) is 0 Å². The van der Waals surface area contributed by atoms with Crippen molar-refractivity contribution in [3.05, 3.63) is 45.2 Å². The molecular weight excluding hydrogens is 332 g/mol. The summed E-state index contributed by atoms with van der Waals surface area (Å²) in [5.41, 5.74) is 3.35. The van der Waals surface area contributed by atoms with Gasteiger partial charge < -0.3 is 30.8 Å². The molecule has 0 aliphatic rings. The molecule has 9 nitrogen and oxygen atoms in total. The van der Waals surface area contributed by atoms with Crippen LogP contribution < -0.4 is 16.0 Å². The Morgan fingerprint density at radius 3 is 2.36 bits per heavy atom. The molecule has 9 heteroatoms. The van der Waals surface area contributed by atoms with E-state index in [2.05, 4.69) is 0 Å². The molecule has 0 unspecified atom stereocenters. The number of nitrogens with two attached hydrogens (primary N) is 1. The van der Waals surface area contributed by atoms with Gasteiger partial charge in [0.15, 0.2) is 0 Å². The number of aromatic carboxylic acids is 2. The molecule has 0 radical (unpaired) electrons. The van der Waals surface area contributed by atoms with E-state index in [4.69, 9.17) is 10.5 Å². The van der Waals surface area contributed by atoms with Crippen LogP contribution in [0.1, 0.15) is 33.2 Å². The molecule has 132 valence electrons. The lowest BCUT2D eigenvalue weighted by molar-refractivity contribution is 0.0695. The van der Waals surface area contributed by atoms with Crippen LogP contribution in [0.15, 0.2) is 23.0 Å². The van der Waals surface area contributed by atoms with Gasteiger partial charge >= 0.3 is 11.9 Å². The van der Waals surface area contributed by atoms with E-state index in [-0.39, 0.29) is 11.1 Å². The van der Waals surface area contributed by atoms with Gasteiger partial charge in [0.1, 0.15) is 22.7 Å². The Hall–Kier alpha value is -3.33. The van der Waals surface area contributed by atoms with Crippen LogP contribution in [0.3, 0.4) is 0 Å². The van der Waals surface area contributed by atoms with Gasteiger partial charge in [0.25, 0.3) is 5.56 Å². The van der Waals surface area contributed by atoms with Gasteiger partial charge in [-0.25, -0.2) is 9.59 Å². The molecule has 0 bridgehead atoms. The fourth-order valence-corrected chi connectivity index (χ4v) is 2.49. The number of rotatable bonds is 6. The van der Waals surface area contributed by atoms with E-state index in [0.717, 1.165) is 0 Å². The van der Waals surface area contributed by atoms with Gasteiger partial charge in [-0.2, -0.15) is 0 Å². The largest absolute Gasteiger partial charge is 0.494 e. The standard InChI is InChI=1S/C16H16N2O7/c1-2-25-9-4-3-7(5-8(9)6-19)10-11(15(21)22)13(17)18-14(20)12(10)16(23)24/h3-5,19H,2,6H2,1H3,(H,21,22)(H,23,24)(H3,17,18,20). The molecule has 0 aliphatic carbocycles. The highest BCUT2D eigenvalue weighted by atomic mass is 16.5. The molecule has 0 aliphatic heterocycles. The lowest BCUT2D eigenvalue weighted by Crippen LogP contribution is -2.24. The smallest absolute Gasteiger partial charge is 0.342 e. The van der Waals surface area contributed by atoms with Crippen LogP contribution in [0.4, 0.5) is 5.82 Å². The summed E-state index contributed by atoms with van der Waals surface area (Å²) >= 11 is 0. The quantitative estimate of drug-likeness (QED) is 0.514. The molecule has 2 rings (SSSR count). The van der Waals surface area contributed by atoms with Gasteiger partial charge in [-0.15, -0.1) is 0 Å². The molecule has 1 aromatic heterocycles. The molecule has 2 aromatic rings. The van der Waals surface area contributed by atoms with Crippen molar-refractivity contribution in [2.24, 2.45) is 0 Å². The molecule has 25 heavy (non-hydrogen) atoms. The number of nitrogens with one attached hydrogen (secondary N) is 1. The van der Waals surface area contributed by atoms with Crippen LogP contribution in [0.25, 0.3) is 11.1 Å². The molecule has 0 fully saturated rings. The van der Waals surface area contributed by atoms with Gasteiger partial charge in [-0.1, -0.05) is 6.07 Å². The highest BCUT2D eigenvalue weighted by Gasteiger charge is 2.26. The summed E-state index contributed by atoms with van der Waals surface area (Å²) in [4.78, 5) is 37.1. The van der Waals surface area contributed by atoms with Gasteiger partial charge in [0.05, 0.1) is 13.2 Å². The van der Waals surface area contributed by atoms with Crippen molar-refractivity contribution in [3.8, 4) is 16.9 Å². The predicted molar refractivity (Wildman–Crippen MR) is 87.9 cm³/mol. The highest BCUT2D eigenvalue weighted by molar-refractivity contribution is 6.07. The number of carboxylic acids is 2. The first-order chi connectivity index (χ1) is 11.8. The van der Waals surface area contributed by atoms with E-state index in [1.54, 1.807) is 6.92 Å². The van der Waals surface area contributed by atoms with Crippen molar-refractivity contribution in [1.29, 1.82) is 0 Å². The molecule has 0 amide bonds. The maximum atomic E-state index is 12.0. The van der Waals surface area contributed by atoms with Crippen LogP contribution in [0.5, 0.6) is 5.75 Å². The number of nitrogen functional groups attached to an aromatic ring is 1. The van der Waals surface area contributed by atoms with Crippen LogP contribution >= 0.6 is 0 Å². The molecule has 0 saturated heterocycles. The average Bonchev–Trinajstić information content (AvgIpc) is 2.53. The second kappa shape index (κ2) is 7.05. The monoisotopic (exact) mass is 348 g/mol. The third kappa shape index (κ3) is 3.31. The summed E-state index contributed by atoms with van der Waals surface area (Å²) < 4.78 is 5.34. The normalized spacial score (nSPS) is 10.5. The lowest BCUT2D eigenvalue weighted by atomic mass is 9.94. The van der Waals surface area contributed by atoms with Crippen LogP contribution in [-0.2, 0) is 6.61 Å². The average molecular weight is 348 g/mol. The van der Waals surface area contributed by atoms with E-state index in [1.807, 2.05) is 4.98 Å². The van der Waals surface area contributed by atoms with Gasteiger partial charge in [-0.3, -0.25) is 4.79 Å². The number of hydrogen-bond acceptors (Lipinski definition) is 6. The minimum Gasteiger partial charge on any atom is -0.494 e. The number of aliphatic hydroxyl groups is 1. The summed E-state index contributed by atoms with van der Waals surface area (Å²) in [7, 11) is 0. The summed E-state index contributed by atoms with van der Waals surface area (Å²) in [5, 5.41) is 28.2. The lowest BCUT2D eigenvalue weighted by Gasteiger charge is -2.14. The maximum Gasteiger partial charge on any atom is 0.342 e. The Morgan fingerprint density at radius 2 is 1.84 bits per heavy atom. The Labute approximate surface area is 141 Å². The number of benzene rings is 1. The minimum absolute atomic E-state index is 0.111. The number of hydrogen-bond donors (Lipinski definition) is 5. The van der Waals surface area contributed by atoms with Crippen molar-refractivity contribution in [3.63, 3.8) is 0 Å². The van der Waals surface area contributed by atoms with E-state index in [0.29, 0.717) is 17.9 Å². The van der Waals surface area contributed by atoms with Crippen LogP contribution in [-0.4, -0.2) is 38.8 Å². The topological polar surface area (TPSA) is 163 Å². The summed E-state index contributed by atoms with van der Waals surface area (Å²) in [5.74, 6) is -3.19. The number of ether oxygens (including phenoxy) is 1. The fourth-order valence-electron chi connectivity index (χ4n) is 2.49. The fraction of sp³-hybridized carbons (Fsp3) is 0.188. The molecule has 6 N–H and O–H groups in total. The first-order valence-electron chi connectivity index (χ1n) is 7.21. The maximum absolute atomic E-state index is 12.0. The highest BCUT2D eigenvalue weighted by Crippen LogP contribution is 2.32. The zero-order valence-electron chi connectivity index (χ0n) is 13.2. The SMILES string of the molecule is CCOc1ccc(-c2c(C(=O)O)c(N)[nH]c(=O)c2C(=O)O)cc1CO. The van der Waals surface area contributed by atoms with Crippen molar-refractivity contribution < 1.29 is 29.6 Å².